The molecule has 0 radical (unpaired) electrons. The Balaban J connectivity index is 2.51. The molecule has 0 heterocycles. The molecule has 0 aliphatic heterocycles. The second kappa shape index (κ2) is 7.42. The minimum Gasteiger partial charge on any atom is -0.385 e. The van der Waals surface area contributed by atoms with Crippen molar-refractivity contribution >= 4 is 5.69 Å². The lowest BCUT2D eigenvalue weighted by Gasteiger charge is -2.21. The second-order valence-corrected chi connectivity index (χ2v) is 5.72. The largest absolute Gasteiger partial charge is 0.385 e. The SMILES string of the molecule is CNCC(CNc1ccc(C(C)C)cc1)C(C)C. The van der Waals surface area contributed by atoms with Crippen molar-refractivity contribution in [2.24, 2.45) is 11.8 Å². The van der Waals surface area contributed by atoms with Crippen molar-refractivity contribution in [1.82, 2.24) is 5.32 Å². The summed E-state index contributed by atoms with van der Waals surface area (Å²) in [6.07, 6.45) is 0. The van der Waals surface area contributed by atoms with Crippen LogP contribution >= 0.6 is 0 Å². The van der Waals surface area contributed by atoms with E-state index in [0.29, 0.717) is 17.8 Å². The van der Waals surface area contributed by atoms with Crippen LogP contribution < -0.4 is 10.6 Å². The maximum atomic E-state index is 3.54. The minimum atomic E-state index is 0.603. The molecule has 0 saturated heterocycles. The predicted octanol–water partition coefficient (Wildman–Crippen LogP) is 3.71. The molecule has 0 aliphatic rings. The quantitative estimate of drug-likeness (QED) is 0.768. The first kappa shape index (κ1) is 15.0. The molecule has 2 nitrogen and oxygen atoms in total. The monoisotopic (exact) mass is 248 g/mol. The van der Waals surface area contributed by atoms with Gasteiger partial charge >= 0.3 is 0 Å². The molecule has 0 amide bonds. The van der Waals surface area contributed by atoms with Crippen LogP contribution in [-0.4, -0.2) is 20.1 Å². The van der Waals surface area contributed by atoms with Crippen molar-refractivity contribution in [3.05, 3.63) is 29.8 Å². The highest BCUT2D eigenvalue weighted by Crippen LogP contribution is 2.18. The third-order valence-electron chi connectivity index (χ3n) is 3.55. The number of anilines is 1. The van der Waals surface area contributed by atoms with Crippen molar-refractivity contribution in [2.75, 3.05) is 25.5 Å². The van der Waals surface area contributed by atoms with E-state index in [1.54, 1.807) is 0 Å². The number of hydrogen-bond donors (Lipinski definition) is 2. The topological polar surface area (TPSA) is 24.1 Å². The van der Waals surface area contributed by atoms with Crippen LogP contribution in [0, 0.1) is 11.8 Å². The van der Waals surface area contributed by atoms with E-state index in [0.717, 1.165) is 13.1 Å². The molecule has 102 valence electrons. The standard InChI is InChI=1S/C16H28N2/c1-12(2)14-6-8-16(9-7-14)18-11-15(10-17-5)13(3)4/h6-9,12-13,15,17-18H,10-11H2,1-5H3. The van der Waals surface area contributed by atoms with Gasteiger partial charge in [-0.15, -0.1) is 0 Å². The Hall–Kier alpha value is -1.02. The summed E-state index contributed by atoms with van der Waals surface area (Å²) in [6, 6.07) is 8.81. The third kappa shape index (κ3) is 4.69. The molecule has 2 heteroatoms. The number of nitrogens with one attached hydrogen (secondary N) is 2. The number of benzene rings is 1. The number of rotatable bonds is 7. The van der Waals surface area contributed by atoms with Crippen molar-refractivity contribution in [2.45, 2.75) is 33.6 Å². The summed E-state index contributed by atoms with van der Waals surface area (Å²) in [7, 11) is 2.02. The van der Waals surface area contributed by atoms with E-state index < -0.39 is 0 Å². The van der Waals surface area contributed by atoms with E-state index in [9.17, 15) is 0 Å². The maximum absolute atomic E-state index is 3.54. The van der Waals surface area contributed by atoms with E-state index in [2.05, 4.69) is 62.6 Å². The van der Waals surface area contributed by atoms with Crippen molar-refractivity contribution in [1.29, 1.82) is 0 Å². The highest BCUT2D eigenvalue weighted by atomic mass is 14.9. The number of hydrogen-bond acceptors (Lipinski definition) is 2. The van der Waals surface area contributed by atoms with Gasteiger partial charge in [-0.05, 0) is 49.0 Å². The van der Waals surface area contributed by atoms with E-state index in [-0.39, 0.29) is 0 Å². The first-order valence-electron chi connectivity index (χ1n) is 7.03. The van der Waals surface area contributed by atoms with Crippen LogP contribution in [0.1, 0.15) is 39.2 Å². The second-order valence-electron chi connectivity index (χ2n) is 5.72. The Morgan fingerprint density at radius 3 is 2.00 bits per heavy atom. The van der Waals surface area contributed by atoms with Crippen molar-refractivity contribution < 1.29 is 0 Å². The van der Waals surface area contributed by atoms with Gasteiger partial charge in [0.1, 0.15) is 0 Å². The molecular formula is C16H28N2. The smallest absolute Gasteiger partial charge is 0.0340 e. The summed E-state index contributed by atoms with van der Waals surface area (Å²) in [5.41, 5.74) is 2.62. The van der Waals surface area contributed by atoms with Crippen LogP contribution in [0.3, 0.4) is 0 Å². The van der Waals surface area contributed by atoms with Crippen molar-refractivity contribution in [3.8, 4) is 0 Å². The molecule has 0 spiro atoms. The fraction of sp³-hybridized carbons (Fsp3) is 0.625. The van der Waals surface area contributed by atoms with Crippen molar-refractivity contribution in [3.63, 3.8) is 0 Å². The van der Waals surface area contributed by atoms with E-state index >= 15 is 0 Å². The van der Waals surface area contributed by atoms with Gasteiger partial charge < -0.3 is 10.6 Å². The molecule has 0 aliphatic carbocycles. The lowest BCUT2D eigenvalue weighted by molar-refractivity contribution is 0.390. The molecule has 1 aromatic carbocycles. The Kier molecular flexibility index (Phi) is 6.20. The average molecular weight is 248 g/mol. The minimum absolute atomic E-state index is 0.603. The third-order valence-corrected chi connectivity index (χ3v) is 3.55. The van der Waals surface area contributed by atoms with Crippen LogP contribution in [0.15, 0.2) is 24.3 Å². The van der Waals surface area contributed by atoms with E-state index in [4.69, 9.17) is 0 Å². The van der Waals surface area contributed by atoms with Crippen LogP contribution in [0.4, 0.5) is 5.69 Å². The molecule has 1 rings (SSSR count). The Labute approximate surface area is 112 Å². The molecule has 1 aromatic rings. The van der Waals surface area contributed by atoms with Gasteiger partial charge in [0.15, 0.2) is 0 Å². The van der Waals surface area contributed by atoms with Crippen LogP contribution in [0.5, 0.6) is 0 Å². The summed E-state index contributed by atoms with van der Waals surface area (Å²) in [5, 5.41) is 6.81. The fourth-order valence-electron chi connectivity index (χ4n) is 2.04. The zero-order valence-corrected chi connectivity index (χ0v) is 12.5. The fourth-order valence-corrected chi connectivity index (χ4v) is 2.04. The van der Waals surface area contributed by atoms with Gasteiger partial charge in [0, 0.05) is 12.2 Å². The zero-order chi connectivity index (χ0) is 13.5. The first-order chi connectivity index (χ1) is 8.54. The maximum Gasteiger partial charge on any atom is 0.0340 e. The molecular weight excluding hydrogens is 220 g/mol. The van der Waals surface area contributed by atoms with Gasteiger partial charge in [-0.3, -0.25) is 0 Å². The predicted molar refractivity (Wildman–Crippen MR) is 81.3 cm³/mol. The highest BCUT2D eigenvalue weighted by molar-refractivity contribution is 5.45. The molecule has 1 atom stereocenters. The molecule has 0 fully saturated rings. The molecule has 0 saturated carbocycles. The summed E-state index contributed by atoms with van der Waals surface area (Å²) in [5.74, 6) is 1.96. The van der Waals surface area contributed by atoms with Gasteiger partial charge in [0.25, 0.3) is 0 Å². The van der Waals surface area contributed by atoms with Crippen LogP contribution in [-0.2, 0) is 0 Å². The Morgan fingerprint density at radius 1 is 0.944 bits per heavy atom. The summed E-state index contributed by atoms with van der Waals surface area (Å²) in [6.45, 7) is 11.1. The van der Waals surface area contributed by atoms with Gasteiger partial charge in [-0.2, -0.15) is 0 Å². The summed E-state index contributed by atoms with van der Waals surface area (Å²) >= 11 is 0. The normalized spacial score (nSPS) is 13.1. The van der Waals surface area contributed by atoms with Gasteiger partial charge in [0.2, 0.25) is 0 Å². The summed E-state index contributed by atoms with van der Waals surface area (Å²) in [4.78, 5) is 0. The Morgan fingerprint density at radius 2 is 1.56 bits per heavy atom. The van der Waals surface area contributed by atoms with E-state index in [1.807, 2.05) is 7.05 Å². The molecule has 0 bridgehead atoms. The lowest BCUT2D eigenvalue weighted by atomic mass is 9.95. The molecule has 1 unspecified atom stereocenters. The summed E-state index contributed by atoms with van der Waals surface area (Å²) < 4.78 is 0. The first-order valence-corrected chi connectivity index (χ1v) is 7.03. The van der Waals surface area contributed by atoms with E-state index in [1.165, 1.54) is 11.3 Å². The molecule has 0 aromatic heterocycles. The zero-order valence-electron chi connectivity index (χ0n) is 12.5. The highest BCUT2D eigenvalue weighted by Gasteiger charge is 2.11. The van der Waals surface area contributed by atoms with Gasteiger partial charge in [0.05, 0.1) is 0 Å². The molecule has 2 N–H and O–H groups in total. The Bertz CT molecular complexity index is 327. The van der Waals surface area contributed by atoms with Gasteiger partial charge in [-0.1, -0.05) is 39.8 Å². The van der Waals surface area contributed by atoms with Crippen LogP contribution in [0.2, 0.25) is 0 Å². The lowest BCUT2D eigenvalue weighted by Crippen LogP contribution is -2.29. The van der Waals surface area contributed by atoms with Crippen LogP contribution in [0.25, 0.3) is 0 Å². The molecule has 18 heavy (non-hydrogen) atoms. The average Bonchev–Trinajstić information content (AvgIpc) is 2.34. The van der Waals surface area contributed by atoms with Gasteiger partial charge in [-0.25, -0.2) is 0 Å².